The normalized spacial score (nSPS) is 16.1. The number of halogens is 4. The highest BCUT2D eigenvalue weighted by Gasteiger charge is 2.24. The topological polar surface area (TPSA) is 0 Å². The average molecular weight is 264 g/mol. The minimum absolute atomic E-state index is 0.167. The minimum Gasteiger partial charge on any atom is -0.171 e. The molecule has 0 saturated carbocycles. The lowest BCUT2D eigenvalue weighted by Crippen LogP contribution is -2.04. The number of rotatable bonds is 2. The first-order valence-electron chi connectivity index (χ1n) is 2.79. The predicted molar refractivity (Wildman–Crippen MR) is 43.3 cm³/mol. The second-order valence-electron chi connectivity index (χ2n) is 1.92. The maximum atomic E-state index is 11.5. The zero-order valence-electron chi connectivity index (χ0n) is 5.45. The molecule has 0 amide bonds. The van der Waals surface area contributed by atoms with Crippen LogP contribution in [0.1, 0.15) is 13.3 Å². The van der Waals surface area contributed by atoms with Crippen LogP contribution in [0.2, 0.25) is 0 Å². The van der Waals surface area contributed by atoms with Gasteiger partial charge in [-0.2, -0.15) is 13.2 Å². The summed E-state index contributed by atoms with van der Waals surface area (Å²) in [5.74, 6) is 0. The Bertz CT molecular complexity index is 115. The lowest BCUT2D eigenvalue weighted by Gasteiger charge is -2.00. The first kappa shape index (κ1) is 10.3. The Balaban J connectivity index is 3.54. The smallest absolute Gasteiger partial charge is 0.171 e. The average Bonchev–Trinajstić information content (AvgIpc) is 1.59. The Morgan fingerprint density at radius 1 is 1.50 bits per heavy atom. The van der Waals surface area contributed by atoms with Crippen molar-refractivity contribution >= 4 is 22.6 Å². The van der Waals surface area contributed by atoms with Gasteiger partial charge in [0.15, 0.2) is 0 Å². The van der Waals surface area contributed by atoms with Crippen LogP contribution in [0.5, 0.6) is 0 Å². The summed E-state index contributed by atoms with van der Waals surface area (Å²) in [5, 5.41) is 0. The van der Waals surface area contributed by atoms with Crippen LogP contribution < -0.4 is 0 Å². The lowest BCUT2D eigenvalue weighted by molar-refractivity contribution is -0.125. The van der Waals surface area contributed by atoms with Gasteiger partial charge < -0.3 is 0 Å². The molecule has 0 aliphatic heterocycles. The number of hydrogen-bond acceptors (Lipinski definition) is 0. The molecule has 0 heterocycles. The predicted octanol–water partition coefficient (Wildman–Crippen LogP) is 3.32. The fourth-order valence-corrected chi connectivity index (χ4v) is 0.683. The monoisotopic (exact) mass is 264 g/mol. The van der Waals surface area contributed by atoms with E-state index in [0.717, 1.165) is 6.08 Å². The highest BCUT2D eigenvalue weighted by molar-refractivity contribution is 14.1. The van der Waals surface area contributed by atoms with Crippen LogP contribution >= 0.6 is 22.6 Å². The van der Waals surface area contributed by atoms with Gasteiger partial charge in [-0.15, -0.1) is 0 Å². The maximum absolute atomic E-state index is 11.5. The molecule has 0 fully saturated rings. The zero-order valence-corrected chi connectivity index (χ0v) is 7.61. The van der Waals surface area contributed by atoms with Crippen molar-refractivity contribution in [3.63, 3.8) is 0 Å². The van der Waals surface area contributed by atoms with Gasteiger partial charge in [0, 0.05) is 3.92 Å². The second kappa shape index (κ2) is 4.20. The Kier molecular flexibility index (Phi) is 4.31. The maximum Gasteiger partial charge on any atom is 0.392 e. The number of hydrogen-bond donors (Lipinski definition) is 0. The SMILES string of the molecule is CC(I)/C=C/CC(F)(F)F. The molecule has 0 aromatic rings. The number of allylic oxidation sites excluding steroid dienone is 2. The van der Waals surface area contributed by atoms with E-state index in [9.17, 15) is 13.2 Å². The van der Waals surface area contributed by atoms with Gasteiger partial charge in [-0.3, -0.25) is 0 Å². The molecular formula is C6H8F3I. The van der Waals surface area contributed by atoms with E-state index in [1.54, 1.807) is 0 Å². The summed E-state index contributed by atoms with van der Waals surface area (Å²) in [7, 11) is 0. The van der Waals surface area contributed by atoms with E-state index >= 15 is 0 Å². The fourth-order valence-electron chi connectivity index (χ4n) is 0.389. The molecule has 60 valence electrons. The van der Waals surface area contributed by atoms with Gasteiger partial charge in [-0.05, 0) is 6.92 Å². The van der Waals surface area contributed by atoms with Crippen LogP contribution in [0, 0.1) is 0 Å². The van der Waals surface area contributed by atoms with Crippen LogP contribution in [0.15, 0.2) is 12.2 Å². The van der Waals surface area contributed by atoms with E-state index in [-0.39, 0.29) is 3.92 Å². The second-order valence-corrected chi connectivity index (χ2v) is 3.89. The van der Waals surface area contributed by atoms with Crippen LogP contribution in [0.3, 0.4) is 0 Å². The van der Waals surface area contributed by atoms with Gasteiger partial charge in [-0.25, -0.2) is 0 Å². The molecule has 0 radical (unpaired) electrons. The van der Waals surface area contributed by atoms with Gasteiger partial charge in [0.05, 0.1) is 6.42 Å². The van der Waals surface area contributed by atoms with Crippen molar-refractivity contribution in [3.8, 4) is 0 Å². The highest BCUT2D eigenvalue weighted by Crippen LogP contribution is 2.20. The quantitative estimate of drug-likeness (QED) is 0.407. The van der Waals surface area contributed by atoms with Crippen molar-refractivity contribution in [1.82, 2.24) is 0 Å². The minimum atomic E-state index is -4.05. The summed E-state index contributed by atoms with van der Waals surface area (Å²) < 4.78 is 34.5. The third-order valence-electron chi connectivity index (χ3n) is 0.751. The molecule has 0 nitrogen and oxygen atoms in total. The summed E-state index contributed by atoms with van der Waals surface area (Å²) in [5.41, 5.74) is 0. The van der Waals surface area contributed by atoms with Crippen molar-refractivity contribution in [2.45, 2.75) is 23.4 Å². The highest BCUT2D eigenvalue weighted by atomic mass is 127. The van der Waals surface area contributed by atoms with Crippen molar-refractivity contribution in [2.24, 2.45) is 0 Å². The van der Waals surface area contributed by atoms with Crippen molar-refractivity contribution < 1.29 is 13.2 Å². The Morgan fingerprint density at radius 2 is 2.00 bits per heavy atom. The van der Waals surface area contributed by atoms with E-state index in [1.165, 1.54) is 6.08 Å². The van der Waals surface area contributed by atoms with Gasteiger partial charge in [0.2, 0.25) is 0 Å². The Morgan fingerprint density at radius 3 is 2.30 bits per heavy atom. The molecule has 0 N–H and O–H groups in total. The first-order valence-corrected chi connectivity index (χ1v) is 4.04. The molecule has 0 saturated heterocycles. The van der Waals surface area contributed by atoms with Crippen LogP contribution in [-0.2, 0) is 0 Å². The van der Waals surface area contributed by atoms with Gasteiger partial charge in [0.1, 0.15) is 0 Å². The third kappa shape index (κ3) is 8.26. The first-order chi connectivity index (χ1) is 4.42. The summed E-state index contributed by atoms with van der Waals surface area (Å²) in [6.07, 6.45) is -2.19. The van der Waals surface area contributed by atoms with Gasteiger partial charge >= 0.3 is 6.18 Å². The van der Waals surface area contributed by atoms with Gasteiger partial charge in [0.25, 0.3) is 0 Å². The zero-order chi connectivity index (χ0) is 8.20. The van der Waals surface area contributed by atoms with Crippen LogP contribution in [0.4, 0.5) is 13.2 Å². The summed E-state index contributed by atoms with van der Waals surface area (Å²) in [6, 6.07) is 0. The molecule has 10 heavy (non-hydrogen) atoms. The Labute approximate surface area is 71.6 Å². The molecule has 0 aliphatic carbocycles. The van der Waals surface area contributed by atoms with Crippen LogP contribution in [0.25, 0.3) is 0 Å². The van der Waals surface area contributed by atoms with E-state index in [1.807, 2.05) is 29.5 Å². The van der Waals surface area contributed by atoms with Gasteiger partial charge in [-0.1, -0.05) is 34.7 Å². The molecule has 0 aromatic carbocycles. The summed E-state index contributed by atoms with van der Waals surface area (Å²) >= 11 is 2.04. The molecule has 0 spiro atoms. The molecule has 4 heteroatoms. The molecule has 1 atom stereocenters. The standard InChI is InChI=1S/C6H8F3I/c1-5(10)3-2-4-6(7,8)9/h2-3,5H,4H2,1H3/b3-2+. The van der Waals surface area contributed by atoms with E-state index < -0.39 is 12.6 Å². The summed E-state index contributed by atoms with van der Waals surface area (Å²) in [4.78, 5) is 0. The Hall–Kier alpha value is 0.260. The largest absolute Gasteiger partial charge is 0.392 e. The molecule has 0 aliphatic rings. The molecule has 0 rings (SSSR count). The molecule has 0 bridgehead atoms. The van der Waals surface area contributed by atoms with E-state index in [4.69, 9.17) is 0 Å². The van der Waals surface area contributed by atoms with E-state index in [0.29, 0.717) is 0 Å². The molecule has 0 aromatic heterocycles. The summed E-state index contributed by atoms with van der Waals surface area (Å²) in [6.45, 7) is 1.83. The number of alkyl halides is 4. The van der Waals surface area contributed by atoms with Crippen LogP contribution in [-0.4, -0.2) is 10.1 Å². The lowest BCUT2D eigenvalue weighted by atomic mass is 10.3. The van der Waals surface area contributed by atoms with E-state index in [2.05, 4.69) is 0 Å². The third-order valence-corrected chi connectivity index (χ3v) is 1.17. The van der Waals surface area contributed by atoms with Crippen molar-refractivity contribution in [2.75, 3.05) is 0 Å². The van der Waals surface area contributed by atoms with Crippen molar-refractivity contribution in [3.05, 3.63) is 12.2 Å². The van der Waals surface area contributed by atoms with Crippen molar-refractivity contribution in [1.29, 1.82) is 0 Å². The molecular weight excluding hydrogens is 256 g/mol. The molecule has 1 unspecified atom stereocenters. The fraction of sp³-hybridized carbons (Fsp3) is 0.667.